The first kappa shape index (κ1) is 51.9. The van der Waals surface area contributed by atoms with E-state index in [1.807, 2.05) is 34.6 Å². The van der Waals surface area contributed by atoms with Gasteiger partial charge in [-0.15, -0.1) is 6.58 Å². The minimum absolute atomic E-state index is 0.366. The molecule has 0 radical (unpaired) electrons. The Balaban J connectivity index is 4.46. The van der Waals surface area contributed by atoms with Crippen LogP contribution in [0.1, 0.15) is 204 Å². The zero-order chi connectivity index (χ0) is 41.2. The van der Waals surface area contributed by atoms with Crippen molar-refractivity contribution in [3.8, 4) is 0 Å². The van der Waals surface area contributed by atoms with E-state index >= 15 is 0 Å². The van der Waals surface area contributed by atoms with Crippen LogP contribution in [0.15, 0.2) is 36.0 Å². The van der Waals surface area contributed by atoms with Crippen molar-refractivity contribution in [2.24, 2.45) is 0 Å². The lowest BCUT2D eigenvalue weighted by atomic mass is 9.83. The summed E-state index contributed by atoms with van der Waals surface area (Å²) >= 11 is 0. The Kier molecular flexibility index (Phi) is 22.7. The van der Waals surface area contributed by atoms with Crippen molar-refractivity contribution in [1.29, 1.82) is 0 Å². The summed E-state index contributed by atoms with van der Waals surface area (Å²) < 4.78 is 0. The number of hydrogen-bond acceptors (Lipinski definition) is 8. The van der Waals surface area contributed by atoms with Gasteiger partial charge in [0.25, 0.3) is 0 Å². The zero-order valence-electron chi connectivity index (χ0n) is 35.9. The standard InChI is InChI=1S/C45H86O8/c1-12-39(5,47)24-14-21-37(4)22-23-38(46)45(11,53)35-19-34-44(10,52)33-18-32-43(9,51)31-17-30-42(8,50)29-16-28-41(7,49)27-15-26-40(6,48)25-13-20-36(2)3/h12,20-21,38,46-53H,1,13-19,22-35H2,2-11H3/b37-21+. The number of hydrogen-bond donors (Lipinski definition) is 8. The molecule has 8 N–H and O–H groups in total. The third-order valence-electron chi connectivity index (χ3n) is 11.5. The van der Waals surface area contributed by atoms with Gasteiger partial charge in [0.1, 0.15) is 0 Å². The normalized spacial score (nSPS) is 21.1. The van der Waals surface area contributed by atoms with Gasteiger partial charge in [-0.3, -0.25) is 0 Å². The second kappa shape index (κ2) is 23.2. The summed E-state index contributed by atoms with van der Waals surface area (Å²) in [5.74, 6) is 0. The molecule has 0 aromatic carbocycles. The molecule has 0 aromatic rings. The summed E-state index contributed by atoms with van der Waals surface area (Å²) in [5, 5.41) is 86.3. The van der Waals surface area contributed by atoms with E-state index in [-0.39, 0.29) is 0 Å². The predicted octanol–water partition coefficient (Wildman–Crippen LogP) is 8.89. The molecule has 0 saturated carbocycles. The minimum atomic E-state index is -1.26. The topological polar surface area (TPSA) is 162 Å². The molecule has 0 aliphatic heterocycles. The van der Waals surface area contributed by atoms with Gasteiger partial charge < -0.3 is 40.9 Å². The van der Waals surface area contributed by atoms with Gasteiger partial charge in [-0.1, -0.05) is 29.4 Å². The summed E-state index contributed by atoms with van der Waals surface area (Å²) in [4.78, 5) is 0. The molecular weight excluding hydrogens is 668 g/mol. The van der Waals surface area contributed by atoms with Gasteiger partial charge in [0.2, 0.25) is 0 Å². The fourth-order valence-electron chi connectivity index (χ4n) is 7.18. The highest BCUT2D eigenvalue weighted by molar-refractivity contribution is 5.02. The molecule has 0 aromatic heterocycles. The largest absolute Gasteiger partial charge is 0.390 e. The Hall–Kier alpha value is -1.10. The molecule has 0 aliphatic rings. The lowest BCUT2D eigenvalue weighted by molar-refractivity contribution is -0.0746. The van der Waals surface area contributed by atoms with Gasteiger partial charge in [0, 0.05) is 0 Å². The third kappa shape index (κ3) is 27.2. The van der Waals surface area contributed by atoms with E-state index in [0.717, 1.165) is 18.4 Å². The van der Waals surface area contributed by atoms with Crippen LogP contribution in [0.2, 0.25) is 0 Å². The maximum absolute atomic E-state index is 11.0. The van der Waals surface area contributed by atoms with E-state index in [9.17, 15) is 40.9 Å². The average Bonchev–Trinajstić information content (AvgIpc) is 2.98. The Morgan fingerprint density at radius 1 is 0.491 bits per heavy atom. The summed E-state index contributed by atoms with van der Waals surface area (Å²) in [6.45, 7) is 22.3. The second-order valence-electron chi connectivity index (χ2n) is 19.1. The Bertz CT molecular complexity index is 1080. The number of allylic oxidation sites excluding steroid dienone is 4. The molecular formula is C45H86O8. The van der Waals surface area contributed by atoms with Crippen molar-refractivity contribution >= 4 is 0 Å². The van der Waals surface area contributed by atoms with Gasteiger partial charge >= 0.3 is 0 Å². The zero-order valence-corrected chi connectivity index (χ0v) is 35.9. The van der Waals surface area contributed by atoms with Crippen LogP contribution in [-0.2, 0) is 0 Å². The highest BCUT2D eigenvalue weighted by Crippen LogP contribution is 2.32. The van der Waals surface area contributed by atoms with E-state index < -0.39 is 45.3 Å². The quantitative estimate of drug-likeness (QED) is 0.0326. The van der Waals surface area contributed by atoms with Crippen molar-refractivity contribution in [2.45, 2.75) is 249 Å². The van der Waals surface area contributed by atoms with Crippen LogP contribution in [0.4, 0.5) is 0 Å². The highest BCUT2D eigenvalue weighted by atomic mass is 16.3. The molecule has 8 heteroatoms. The first-order valence-electron chi connectivity index (χ1n) is 20.7. The Morgan fingerprint density at radius 3 is 1.15 bits per heavy atom. The fraction of sp³-hybridized carbons (Fsp3) is 0.867. The van der Waals surface area contributed by atoms with Crippen LogP contribution in [0.3, 0.4) is 0 Å². The molecule has 8 atom stereocenters. The summed E-state index contributed by atoms with van der Waals surface area (Å²) in [6.07, 6.45) is 17.5. The van der Waals surface area contributed by atoms with Crippen molar-refractivity contribution in [1.82, 2.24) is 0 Å². The molecule has 8 nitrogen and oxygen atoms in total. The van der Waals surface area contributed by atoms with Gasteiger partial charge in [0.15, 0.2) is 0 Å². The van der Waals surface area contributed by atoms with Gasteiger partial charge in [-0.25, -0.2) is 0 Å². The molecule has 0 amide bonds. The van der Waals surface area contributed by atoms with Crippen LogP contribution < -0.4 is 0 Å². The first-order valence-corrected chi connectivity index (χ1v) is 20.7. The van der Waals surface area contributed by atoms with E-state index in [2.05, 4.69) is 32.6 Å². The lowest BCUT2D eigenvalue weighted by Crippen LogP contribution is -2.39. The Labute approximate surface area is 325 Å². The molecule has 53 heavy (non-hydrogen) atoms. The van der Waals surface area contributed by atoms with Crippen LogP contribution in [0.5, 0.6) is 0 Å². The maximum atomic E-state index is 11.0. The van der Waals surface area contributed by atoms with E-state index in [0.29, 0.717) is 122 Å². The molecule has 0 spiro atoms. The van der Waals surface area contributed by atoms with Gasteiger partial charge in [-0.05, 0) is 204 Å². The lowest BCUT2D eigenvalue weighted by Gasteiger charge is -2.32. The minimum Gasteiger partial charge on any atom is -0.390 e. The molecule has 0 fully saturated rings. The van der Waals surface area contributed by atoms with Crippen LogP contribution in [-0.4, -0.2) is 86.2 Å². The second-order valence-corrected chi connectivity index (χ2v) is 19.1. The highest BCUT2D eigenvalue weighted by Gasteiger charge is 2.32. The van der Waals surface area contributed by atoms with Gasteiger partial charge in [-0.2, -0.15) is 0 Å². The Morgan fingerprint density at radius 2 is 0.811 bits per heavy atom. The summed E-state index contributed by atoms with van der Waals surface area (Å²) in [6, 6.07) is 0. The van der Waals surface area contributed by atoms with Crippen molar-refractivity contribution in [3.63, 3.8) is 0 Å². The monoisotopic (exact) mass is 755 g/mol. The van der Waals surface area contributed by atoms with E-state index in [4.69, 9.17) is 0 Å². The molecule has 0 rings (SSSR count). The number of aliphatic hydroxyl groups excluding tert-OH is 1. The molecule has 0 saturated heterocycles. The third-order valence-corrected chi connectivity index (χ3v) is 11.5. The average molecular weight is 755 g/mol. The van der Waals surface area contributed by atoms with E-state index in [1.54, 1.807) is 20.8 Å². The maximum Gasteiger partial charge on any atom is 0.0877 e. The van der Waals surface area contributed by atoms with Crippen LogP contribution >= 0.6 is 0 Å². The molecule has 0 bridgehead atoms. The number of aliphatic hydroxyl groups is 8. The molecule has 0 aliphatic carbocycles. The number of rotatable bonds is 31. The SMILES string of the molecule is C=CC(C)(O)CC/C=C(\C)CCC(O)C(C)(O)CCCC(C)(O)CCCC(C)(O)CCCC(C)(O)CCCC(C)(O)CCCC(C)(O)CCC=C(C)C. The molecule has 0 heterocycles. The predicted molar refractivity (Wildman–Crippen MR) is 221 cm³/mol. The molecule has 8 unspecified atom stereocenters. The van der Waals surface area contributed by atoms with Crippen molar-refractivity contribution in [3.05, 3.63) is 36.0 Å². The smallest absolute Gasteiger partial charge is 0.0877 e. The summed E-state index contributed by atoms with van der Waals surface area (Å²) in [7, 11) is 0. The van der Waals surface area contributed by atoms with Crippen LogP contribution in [0.25, 0.3) is 0 Å². The summed E-state index contributed by atoms with van der Waals surface area (Å²) in [5.41, 5.74) is -4.13. The molecule has 314 valence electrons. The van der Waals surface area contributed by atoms with Crippen molar-refractivity contribution < 1.29 is 40.9 Å². The van der Waals surface area contributed by atoms with Crippen molar-refractivity contribution in [2.75, 3.05) is 0 Å². The van der Waals surface area contributed by atoms with Crippen LogP contribution in [0, 0.1) is 0 Å². The first-order chi connectivity index (χ1) is 24.0. The van der Waals surface area contributed by atoms with Gasteiger partial charge in [0.05, 0.1) is 45.3 Å². The van der Waals surface area contributed by atoms with E-state index in [1.165, 1.54) is 11.6 Å². The fourth-order valence-corrected chi connectivity index (χ4v) is 7.18.